The number of hydrogen-bond donors (Lipinski definition) is 1. The van der Waals surface area contributed by atoms with E-state index in [2.05, 4.69) is 18.7 Å². The number of halogens is 1. The zero-order valence-corrected chi connectivity index (χ0v) is 12.8. The maximum absolute atomic E-state index is 13.5. The highest BCUT2D eigenvalue weighted by Gasteiger charge is 2.29. The van der Waals surface area contributed by atoms with Crippen LogP contribution in [-0.4, -0.2) is 28.6 Å². The summed E-state index contributed by atoms with van der Waals surface area (Å²) in [5, 5.41) is 10.2. The Morgan fingerprint density at radius 2 is 2.15 bits per heavy atom. The molecule has 1 N–H and O–H groups in total. The number of likely N-dealkylation sites (tertiary alicyclic amines) is 1. The van der Waals surface area contributed by atoms with E-state index < -0.39 is 6.10 Å². The Balaban J connectivity index is 1.94. The molecule has 0 spiro atoms. The van der Waals surface area contributed by atoms with Gasteiger partial charge in [0.25, 0.3) is 0 Å². The van der Waals surface area contributed by atoms with Crippen molar-refractivity contribution in [2.45, 2.75) is 64.6 Å². The topological polar surface area (TPSA) is 23.5 Å². The molecule has 1 fully saturated rings. The third kappa shape index (κ3) is 3.39. The molecule has 2 nitrogen and oxygen atoms in total. The Morgan fingerprint density at radius 3 is 2.80 bits per heavy atom. The zero-order valence-electron chi connectivity index (χ0n) is 12.8. The second kappa shape index (κ2) is 6.68. The number of benzene rings is 1. The van der Waals surface area contributed by atoms with Gasteiger partial charge in [-0.2, -0.15) is 0 Å². The van der Waals surface area contributed by atoms with Crippen molar-refractivity contribution in [2.75, 3.05) is 6.54 Å². The van der Waals surface area contributed by atoms with Crippen LogP contribution in [0.4, 0.5) is 4.39 Å². The normalized spacial score (nSPS) is 25.1. The lowest BCUT2D eigenvalue weighted by Crippen LogP contribution is -2.35. The summed E-state index contributed by atoms with van der Waals surface area (Å²) in [6, 6.07) is 6.27. The quantitative estimate of drug-likeness (QED) is 0.885. The molecule has 1 saturated heterocycles. The van der Waals surface area contributed by atoms with Gasteiger partial charge in [0, 0.05) is 18.6 Å². The Kier molecular flexibility index (Phi) is 5.17. The minimum atomic E-state index is -0.574. The number of rotatable bonds is 5. The third-order valence-corrected chi connectivity index (χ3v) is 4.67. The number of nitrogens with zero attached hydrogens (tertiary/aromatic N) is 1. The SMILES string of the molecule is CCC1CCC(C)N1CCC(O)c1ccc(C)c(F)c1. The van der Waals surface area contributed by atoms with Gasteiger partial charge in [-0.05, 0) is 56.7 Å². The van der Waals surface area contributed by atoms with E-state index in [1.807, 2.05) is 6.07 Å². The molecule has 0 aromatic heterocycles. The Hall–Kier alpha value is -0.930. The lowest BCUT2D eigenvalue weighted by molar-refractivity contribution is 0.122. The first-order valence-electron chi connectivity index (χ1n) is 7.72. The first-order chi connectivity index (χ1) is 9.52. The summed E-state index contributed by atoms with van der Waals surface area (Å²) in [7, 11) is 0. The van der Waals surface area contributed by atoms with Gasteiger partial charge in [0.1, 0.15) is 5.82 Å². The summed E-state index contributed by atoms with van der Waals surface area (Å²) in [5.41, 5.74) is 1.31. The number of aryl methyl sites for hydroxylation is 1. The second-order valence-electron chi connectivity index (χ2n) is 6.04. The van der Waals surface area contributed by atoms with Crippen molar-refractivity contribution >= 4 is 0 Å². The summed E-state index contributed by atoms with van der Waals surface area (Å²) in [6.45, 7) is 7.11. The van der Waals surface area contributed by atoms with Crippen LogP contribution in [0.25, 0.3) is 0 Å². The molecule has 0 aliphatic carbocycles. The first kappa shape index (κ1) is 15.5. The van der Waals surface area contributed by atoms with Crippen molar-refractivity contribution in [3.63, 3.8) is 0 Å². The zero-order chi connectivity index (χ0) is 14.7. The molecule has 3 unspecified atom stereocenters. The molecule has 2 rings (SSSR count). The van der Waals surface area contributed by atoms with E-state index in [9.17, 15) is 9.50 Å². The van der Waals surface area contributed by atoms with E-state index in [4.69, 9.17) is 0 Å². The monoisotopic (exact) mass is 279 g/mol. The fourth-order valence-electron chi connectivity index (χ4n) is 3.22. The molecule has 1 aliphatic rings. The molecular formula is C17H26FNO. The van der Waals surface area contributed by atoms with Crippen LogP contribution in [-0.2, 0) is 0 Å². The molecule has 1 aromatic rings. The van der Waals surface area contributed by atoms with Crippen LogP contribution in [0.2, 0.25) is 0 Å². The fraction of sp³-hybridized carbons (Fsp3) is 0.647. The standard InChI is InChI=1S/C17H26FNO/c1-4-15-8-6-13(3)19(15)10-9-17(20)14-7-5-12(2)16(18)11-14/h5,7,11,13,15,17,20H,4,6,8-10H2,1-3H3. The highest BCUT2D eigenvalue weighted by molar-refractivity contribution is 5.24. The Morgan fingerprint density at radius 1 is 1.40 bits per heavy atom. The molecule has 1 aromatic carbocycles. The molecular weight excluding hydrogens is 253 g/mol. The maximum Gasteiger partial charge on any atom is 0.126 e. The molecule has 20 heavy (non-hydrogen) atoms. The maximum atomic E-state index is 13.5. The second-order valence-corrected chi connectivity index (χ2v) is 6.04. The molecule has 0 amide bonds. The van der Waals surface area contributed by atoms with Gasteiger partial charge < -0.3 is 5.11 Å². The summed E-state index contributed by atoms with van der Waals surface area (Å²) < 4.78 is 13.5. The van der Waals surface area contributed by atoms with E-state index in [-0.39, 0.29) is 5.82 Å². The van der Waals surface area contributed by atoms with Crippen LogP contribution in [0.1, 0.15) is 56.8 Å². The number of aliphatic hydroxyl groups is 1. The number of hydrogen-bond acceptors (Lipinski definition) is 2. The van der Waals surface area contributed by atoms with Crippen molar-refractivity contribution in [3.05, 3.63) is 35.1 Å². The molecule has 1 aliphatic heterocycles. The molecule has 0 saturated carbocycles. The molecule has 112 valence electrons. The average molecular weight is 279 g/mol. The Labute approximate surface area is 121 Å². The lowest BCUT2D eigenvalue weighted by Gasteiger charge is -2.28. The number of aliphatic hydroxyl groups excluding tert-OH is 1. The van der Waals surface area contributed by atoms with Crippen molar-refractivity contribution in [3.8, 4) is 0 Å². The van der Waals surface area contributed by atoms with Gasteiger partial charge in [-0.25, -0.2) is 4.39 Å². The van der Waals surface area contributed by atoms with Gasteiger partial charge in [0.05, 0.1) is 6.10 Å². The van der Waals surface area contributed by atoms with Crippen LogP contribution < -0.4 is 0 Å². The van der Waals surface area contributed by atoms with Crippen molar-refractivity contribution < 1.29 is 9.50 Å². The molecule has 0 radical (unpaired) electrons. The minimum Gasteiger partial charge on any atom is -0.388 e. The van der Waals surface area contributed by atoms with Gasteiger partial charge in [-0.15, -0.1) is 0 Å². The third-order valence-electron chi connectivity index (χ3n) is 4.67. The van der Waals surface area contributed by atoms with Crippen molar-refractivity contribution in [1.29, 1.82) is 0 Å². The highest BCUT2D eigenvalue weighted by atomic mass is 19.1. The van der Waals surface area contributed by atoms with Gasteiger partial charge in [-0.3, -0.25) is 4.90 Å². The van der Waals surface area contributed by atoms with Crippen LogP contribution in [0, 0.1) is 12.7 Å². The first-order valence-corrected chi connectivity index (χ1v) is 7.72. The van der Waals surface area contributed by atoms with Crippen LogP contribution in [0.5, 0.6) is 0 Å². The summed E-state index contributed by atoms with van der Waals surface area (Å²) in [5.74, 6) is -0.234. The van der Waals surface area contributed by atoms with Crippen molar-refractivity contribution in [1.82, 2.24) is 4.90 Å². The molecule has 1 heterocycles. The molecule has 3 atom stereocenters. The van der Waals surface area contributed by atoms with E-state index in [0.717, 1.165) is 6.54 Å². The fourth-order valence-corrected chi connectivity index (χ4v) is 3.22. The lowest BCUT2D eigenvalue weighted by atomic mass is 10.0. The van der Waals surface area contributed by atoms with Crippen LogP contribution >= 0.6 is 0 Å². The minimum absolute atomic E-state index is 0.234. The molecule has 0 bridgehead atoms. The molecule has 3 heteroatoms. The van der Waals surface area contributed by atoms with E-state index in [0.29, 0.717) is 29.6 Å². The van der Waals surface area contributed by atoms with E-state index in [1.54, 1.807) is 13.0 Å². The largest absolute Gasteiger partial charge is 0.388 e. The van der Waals surface area contributed by atoms with Crippen LogP contribution in [0.3, 0.4) is 0 Å². The van der Waals surface area contributed by atoms with E-state index in [1.165, 1.54) is 25.3 Å². The predicted octanol–water partition coefficient (Wildman–Crippen LogP) is 3.82. The summed E-state index contributed by atoms with van der Waals surface area (Å²) in [6.07, 6.45) is 3.76. The highest BCUT2D eigenvalue weighted by Crippen LogP contribution is 2.28. The van der Waals surface area contributed by atoms with Crippen molar-refractivity contribution in [2.24, 2.45) is 0 Å². The summed E-state index contributed by atoms with van der Waals surface area (Å²) in [4.78, 5) is 2.49. The summed E-state index contributed by atoms with van der Waals surface area (Å²) >= 11 is 0. The van der Waals surface area contributed by atoms with Crippen LogP contribution in [0.15, 0.2) is 18.2 Å². The van der Waals surface area contributed by atoms with E-state index >= 15 is 0 Å². The van der Waals surface area contributed by atoms with Gasteiger partial charge in [-0.1, -0.05) is 19.1 Å². The van der Waals surface area contributed by atoms with Gasteiger partial charge in [0.2, 0.25) is 0 Å². The predicted molar refractivity (Wildman–Crippen MR) is 80.2 cm³/mol. The smallest absolute Gasteiger partial charge is 0.126 e. The van der Waals surface area contributed by atoms with Gasteiger partial charge >= 0.3 is 0 Å². The van der Waals surface area contributed by atoms with Gasteiger partial charge in [0.15, 0.2) is 0 Å². The average Bonchev–Trinajstić information content (AvgIpc) is 2.79. The Bertz CT molecular complexity index is 449.